The van der Waals surface area contributed by atoms with Gasteiger partial charge >= 0.3 is 5.97 Å². The van der Waals surface area contributed by atoms with E-state index in [4.69, 9.17) is 5.11 Å². The predicted molar refractivity (Wildman–Crippen MR) is 72.5 cm³/mol. The van der Waals surface area contributed by atoms with E-state index in [2.05, 4.69) is 10.3 Å². The predicted octanol–water partition coefficient (Wildman–Crippen LogP) is 2.47. The summed E-state index contributed by atoms with van der Waals surface area (Å²) >= 11 is 0.945. The number of halogens is 1. The zero-order valence-corrected chi connectivity index (χ0v) is 11.3. The lowest BCUT2D eigenvalue weighted by Crippen LogP contribution is -2.15. The third-order valence-corrected chi connectivity index (χ3v) is 3.64. The number of thiazole rings is 1. The van der Waals surface area contributed by atoms with Crippen molar-refractivity contribution in [3.8, 4) is 0 Å². The van der Waals surface area contributed by atoms with Crippen LogP contribution in [-0.2, 0) is 11.2 Å². The Morgan fingerprint density at radius 3 is 2.70 bits per heavy atom. The van der Waals surface area contributed by atoms with Gasteiger partial charge in [-0.2, -0.15) is 0 Å². The first-order valence-corrected chi connectivity index (χ1v) is 6.53. The quantitative estimate of drug-likeness (QED) is 0.908. The molecule has 2 aromatic rings. The lowest BCUT2D eigenvalue weighted by molar-refractivity contribution is -0.115. The van der Waals surface area contributed by atoms with Gasteiger partial charge in [0.05, 0.1) is 17.8 Å². The molecule has 1 heterocycles. The van der Waals surface area contributed by atoms with Crippen LogP contribution in [0.5, 0.6) is 0 Å². The number of aromatic carboxylic acids is 1. The topological polar surface area (TPSA) is 79.3 Å². The van der Waals surface area contributed by atoms with E-state index in [1.807, 2.05) is 0 Å². The molecule has 0 saturated carbocycles. The monoisotopic (exact) mass is 294 g/mol. The van der Waals surface area contributed by atoms with Crippen molar-refractivity contribution in [1.82, 2.24) is 4.98 Å². The molecule has 0 unspecified atom stereocenters. The normalized spacial score (nSPS) is 10.3. The summed E-state index contributed by atoms with van der Waals surface area (Å²) in [5.74, 6) is -2.04. The standard InChI is InChI=1S/C13H11FN2O3S/c1-7-12(13(18)19)20-11(15-7)6-10(17)16-9-5-3-2-4-8(9)14/h2-5H,6H2,1H3,(H,16,17)(H,18,19). The molecule has 0 atom stereocenters. The van der Waals surface area contributed by atoms with Gasteiger partial charge in [-0.15, -0.1) is 11.3 Å². The number of carbonyl (C=O) groups is 2. The number of hydrogen-bond donors (Lipinski definition) is 2. The Kier molecular flexibility index (Phi) is 4.09. The van der Waals surface area contributed by atoms with Gasteiger partial charge < -0.3 is 10.4 Å². The van der Waals surface area contributed by atoms with Crippen LogP contribution in [0.1, 0.15) is 20.4 Å². The highest BCUT2D eigenvalue weighted by molar-refractivity contribution is 7.13. The van der Waals surface area contributed by atoms with Crippen LogP contribution >= 0.6 is 11.3 Å². The number of nitrogens with zero attached hydrogens (tertiary/aromatic N) is 1. The van der Waals surface area contributed by atoms with E-state index in [0.717, 1.165) is 11.3 Å². The SMILES string of the molecule is Cc1nc(CC(=O)Nc2ccccc2F)sc1C(=O)O. The molecule has 20 heavy (non-hydrogen) atoms. The minimum absolute atomic E-state index is 0.0873. The van der Waals surface area contributed by atoms with Gasteiger partial charge in [0.2, 0.25) is 5.91 Å². The largest absolute Gasteiger partial charge is 0.477 e. The van der Waals surface area contributed by atoms with E-state index in [-0.39, 0.29) is 17.0 Å². The molecule has 1 aromatic heterocycles. The first-order chi connectivity index (χ1) is 9.47. The molecule has 0 aliphatic carbocycles. The Labute approximate surface area is 118 Å². The number of rotatable bonds is 4. The van der Waals surface area contributed by atoms with E-state index in [1.54, 1.807) is 13.0 Å². The molecule has 0 aliphatic rings. The molecular formula is C13H11FN2O3S. The summed E-state index contributed by atoms with van der Waals surface area (Å²) in [4.78, 5) is 26.8. The summed E-state index contributed by atoms with van der Waals surface area (Å²) in [6.45, 7) is 1.57. The molecular weight excluding hydrogens is 283 g/mol. The van der Waals surface area contributed by atoms with E-state index >= 15 is 0 Å². The van der Waals surface area contributed by atoms with Crippen molar-refractivity contribution in [2.24, 2.45) is 0 Å². The zero-order valence-electron chi connectivity index (χ0n) is 10.5. The Hall–Kier alpha value is -2.28. The minimum atomic E-state index is -1.07. The smallest absolute Gasteiger partial charge is 0.347 e. The summed E-state index contributed by atoms with van der Waals surface area (Å²) in [5, 5.41) is 11.7. The number of aromatic nitrogens is 1. The number of carboxylic acid groups (broad SMARTS) is 1. The van der Waals surface area contributed by atoms with Crippen molar-refractivity contribution in [2.75, 3.05) is 5.32 Å². The van der Waals surface area contributed by atoms with Gasteiger partial charge in [0.15, 0.2) is 0 Å². The van der Waals surface area contributed by atoms with E-state index < -0.39 is 17.7 Å². The second kappa shape index (κ2) is 5.79. The van der Waals surface area contributed by atoms with Gasteiger partial charge in [-0.1, -0.05) is 12.1 Å². The first kappa shape index (κ1) is 14.1. The second-order valence-electron chi connectivity index (χ2n) is 4.03. The van der Waals surface area contributed by atoms with Crippen LogP contribution < -0.4 is 5.32 Å². The molecule has 104 valence electrons. The summed E-state index contributed by atoms with van der Waals surface area (Å²) in [6.07, 6.45) is -0.0902. The van der Waals surface area contributed by atoms with E-state index in [0.29, 0.717) is 10.7 Å². The van der Waals surface area contributed by atoms with Crippen LogP contribution in [0, 0.1) is 12.7 Å². The van der Waals surface area contributed by atoms with Gasteiger partial charge in [0.1, 0.15) is 15.7 Å². The maximum absolute atomic E-state index is 13.4. The van der Waals surface area contributed by atoms with Gasteiger partial charge in [0.25, 0.3) is 0 Å². The molecule has 7 heteroatoms. The number of carboxylic acids is 1. The highest BCUT2D eigenvalue weighted by Gasteiger charge is 2.16. The Balaban J connectivity index is 2.07. The number of aryl methyl sites for hydroxylation is 1. The zero-order chi connectivity index (χ0) is 14.7. The van der Waals surface area contributed by atoms with Gasteiger partial charge in [-0.05, 0) is 19.1 Å². The Bertz CT molecular complexity index is 669. The molecule has 0 bridgehead atoms. The highest BCUT2D eigenvalue weighted by atomic mass is 32.1. The second-order valence-corrected chi connectivity index (χ2v) is 5.12. The number of hydrogen-bond acceptors (Lipinski definition) is 4. The maximum atomic E-state index is 13.4. The van der Waals surface area contributed by atoms with E-state index in [1.165, 1.54) is 18.2 Å². The number of carbonyl (C=O) groups excluding carboxylic acids is 1. The number of anilines is 1. The number of benzene rings is 1. The van der Waals surface area contributed by atoms with Crippen LogP contribution in [0.3, 0.4) is 0 Å². The molecule has 2 N–H and O–H groups in total. The fraction of sp³-hybridized carbons (Fsp3) is 0.154. The third kappa shape index (κ3) is 3.18. The lowest BCUT2D eigenvalue weighted by atomic mass is 10.3. The summed E-state index contributed by atoms with van der Waals surface area (Å²) < 4.78 is 13.4. The lowest BCUT2D eigenvalue weighted by Gasteiger charge is -2.04. The molecule has 0 saturated heterocycles. The van der Waals surface area contributed by atoms with Gasteiger partial charge in [0, 0.05) is 0 Å². The molecule has 0 spiro atoms. The summed E-state index contributed by atoms with van der Waals surface area (Å²) in [5.41, 5.74) is 0.459. The van der Waals surface area contributed by atoms with Crippen molar-refractivity contribution < 1.29 is 19.1 Å². The molecule has 0 aliphatic heterocycles. The summed E-state index contributed by atoms with van der Waals surface area (Å²) in [7, 11) is 0. The van der Waals surface area contributed by atoms with Crippen LogP contribution in [0.25, 0.3) is 0 Å². The average Bonchev–Trinajstić information content (AvgIpc) is 2.73. The summed E-state index contributed by atoms with van der Waals surface area (Å²) in [6, 6.07) is 5.82. The van der Waals surface area contributed by atoms with Crippen molar-refractivity contribution in [3.05, 3.63) is 45.7 Å². The number of para-hydroxylation sites is 1. The fourth-order valence-corrected chi connectivity index (χ4v) is 2.52. The van der Waals surface area contributed by atoms with Gasteiger partial charge in [-0.25, -0.2) is 14.2 Å². The van der Waals surface area contributed by atoms with Crippen LogP contribution in [0.4, 0.5) is 10.1 Å². The van der Waals surface area contributed by atoms with Gasteiger partial charge in [-0.3, -0.25) is 4.79 Å². The van der Waals surface area contributed by atoms with Crippen LogP contribution in [0.2, 0.25) is 0 Å². The van der Waals surface area contributed by atoms with Crippen LogP contribution in [-0.4, -0.2) is 22.0 Å². The molecule has 5 nitrogen and oxygen atoms in total. The average molecular weight is 294 g/mol. The van der Waals surface area contributed by atoms with Crippen molar-refractivity contribution in [2.45, 2.75) is 13.3 Å². The fourth-order valence-electron chi connectivity index (χ4n) is 1.62. The number of nitrogens with one attached hydrogen (secondary N) is 1. The maximum Gasteiger partial charge on any atom is 0.347 e. The van der Waals surface area contributed by atoms with Crippen molar-refractivity contribution in [3.63, 3.8) is 0 Å². The Morgan fingerprint density at radius 2 is 2.10 bits per heavy atom. The molecule has 1 aromatic carbocycles. The number of amides is 1. The van der Waals surface area contributed by atoms with Crippen molar-refractivity contribution >= 4 is 28.9 Å². The molecule has 1 amide bonds. The third-order valence-electron chi connectivity index (χ3n) is 2.49. The van der Waals surface area contributed by atoms with Crippen LogP contribution in [0.15, 0.2) is 24.3 Å². The minimum Gasteiger partial charge on any atom is -0.477 e. The first-order valence-electron chi connectivity index (χ1n) is 5.71. The Morgan fingerprint density at radius 1 is 1.40 bits per heavy atom. The molecule has 0 fully saturated rings. The highest BCUT2D eigenvalue weighted by Crippen LogP contribution is 2.19. The molecule has 0 radical (unpaired) electrons. The molecule has 2 rings (SSSR count). The van der Waals surface area contributed by atoms with E-state index in [9.17, 15) is 14.0 Å². The van der Waals surface area contributed by atoms with Crippen molar-refractivity contribution in [1.29, 1.82) is 0 Å².